The van der Waals surface area contributed by atoms with Crippen LogP contribution in [-0.2, 0) is 9.47 Å². The lowest BCUT2D eigenvalue weighted by molar-refractivity contribution is -0.124. The van der Waals surface area contributed by atoms with Gasteiger partial charge >= 0.3 is 5.43 Å². The second kappa shape index (κ2) is 2.76. The number of hydrogen-bond donors (Lipinski definition) is 0. The maximum absolute atomic E-state index is 10.1. The molecular weight excluding hydrogens is 156 g/mol. The van der Waals surface area contributed by atoms with Gasteiger partial charge in [-0.25, -0.2) is 4.79 Å². The Labute approximate surface area is 64.3 Å². The molecule has 1 rings (SSSR count). The summed E-state index contributed by atoms with van der Waals surface area (Å²) >= 11 is 4.96. The van der Waals surface area contributed by atoms with Gasteiger partial charge in [0, 0.05) is 17.0 Å². The summed E-state index contributed by atoms with van der Waals surface area (Å²) in [6.45, 7) is 3.64. The molecule has 0 radical (unpaired) electrons. The molecule has 3 nitrogen and oxygen atoms in total. The Morgan fingerprint density at radius 1 is 1.80 bits per heavy atom. The minimum Gasteiger partial charge on any atom is -0.453 e. The zero-order valence-corrected chi connectivity index (χ0v) is 6.48. The molecule has 0 spiro atoms. The Kier molecular flexibility index (Phi) is 2.16. The SMILES string of the molecule is CC1(COC(=O)Cl)COC1. The molecule has 4 heteroatoms. The molecule has 58 valence electrons. The third kappa shape index (κ3) is 1.85. The minimum absolute atomic E-state index is 0.00451. The number of carbonyl (C=O) groups is 1. The fourth-order valence-corrected chi connectivity index (χ4v) is 0.819. The highest BCUT2D eigenvalue weighted by Crippen LogP contribution is 2.26. The van der Waals surface area contributed by atoms with Gasteiger partial charge in [-0.05, 0) is 0 Å². The molecule has 0 aromatic heterocycles. The topological polar surface area (TPSA) is 35.5 Å². The Hall–Kier alpha value is -0.280. The summed E-state index contributed by atoms with van der Waals surface area (Å²) < 4.78 is 9.53. The van der Waals surface area contributed by atoms with Gasteiger partial charge in [-0.15, -0.1) is 0 Å². The van der Waals surface area contributed by atoms with Gasteiger partial charge in [-0.1, -0.05) is 6.92 Å². The zero-order chi connectivity index (χ0) is 7.61. The van der Waals surface area contributed by atoms with Crippen LogP contribution in [0.25, 0.3) is 0 Å². The molecule has 0 aromatic carbocycles. The van der Waals surface area contributed by atoms with E-state index >= 15 is 0 Å². The Morgan fingerprint density at radius 3 is 2.70 bits per heavy atom. The van der Waals surface area contributed by atoms with Gasteiger partial charge in [0.15, 0.2) is 0 Å². The maximum Gasteiger partial charge on any atom is 0.403 e. The molecule has 0 N–H and O–H groups in total. The first-order chi connectivity index (χ1) is 4.62. The lowest BCUT2D eigenvalue weighted by Crippen LogP contribution is -2.43. The third-order valence-corrected chi connectivity index (χ3v) is 1.54. The first-order valence-electron chi connectivity index (χ1n) is 3.02. The van der Waals surface area contributed by atoms with Crippen LogP contribution in [0.5, 0.6) is 0 Å². The van der Waals surface area contributed by atoms with Crippen LogP contribution in [0.15, 0.2) is 0 Å². The van der Waals surface area contributed by atoms with E-state index in [2.05, 4.69) is 4.74 Å². The standard InChI is InChI=1S/C6H9ClO3/c1-6(2-9-3-6)4-10-5(7)8/h2-4H2,1H3. The number of carbonyl (C=O) groups excluding carboxylic acids is 1. The molecule has 0 unspecified atom stereocenters. The van der Waals surface area contributed by atoms with Gasteiger partial charge in [0.25, 0.3) is 0 Å². The summed E-state index contributed by atoms with van der Waals surface area (Å²) in [6, 6.07) is 0. The Balaban J connectivity index is 2.18. The Morgan fingerprint density at radius 2 is 2.40 bits per heavy atom. The number of halogens is 1. The number of ether oxygens (including phenoxy) is 2. The predicted octanol–water partition coefficient (Wildman–Crippen LogP) is 1.40. The van der Waals surface area contributed by atoms with Crippen LogP contribution in [0.2, 0.25) is 0 Å². The average molecular weight is 165 g/mol. The summed E-state index contributed by atoms with van der Waals surface area (Å²) in [5, 5.41) is 0. The van der Waals surface area contributed by atoms with Gasteiger partial charge in [0.2, 0.25) is 0 Å². The minimum atomic E-state index is -0.742. The summed E-state index contributed by atoms with van der Waals surface area (Å²) in [5.41, 5.74) is -0.738. The third-order valence-electron chi connectivity index (χ3n) is 1.44. The Bertz CT molecular complexity index is 142. The predicted molar refractivity (Wildman–Crippen MR) is 36.1 cm³/mol. The molecule has 1 fully saturated rings. The van der Waals surface area contributed by atoms with E-state index in [4.69, 9.17) is 16.3 Å². The molecule has 1 aliphatic heterocycles. The quantitative estimate of drug-likeness (QED) is 0.579. The lowest BCUT2D eigenvalue weighted by Gasteiger charge is -2.36. The molecular formula is C6H9ClO3. The highest BCUT2D eigenvalue weighted by molar-refractivity contribution is 6.61. The van der Waals surface area contributed by atoms with Crippen LogP contribution in [0.3, 0.4) is 0 Å². The van der Waals surface area contributed by atoms with Crippen LogP contribution < -0.4 is 0 Å². The number of rotatable bonds is 2. The molecule has 0 aromatic rings. The normalized spacial score (nSPS) is 21.4. The van der Waals surface area contributed by atoms with Crippen molar-refractivity contribution in [2.24, 2.45) is 5.41 Å². The van der Waals surface area contributed by atoms with Crippen molar-refractivity contribution in [3.05, 3.63) is 0 Å². The molecule has 0 bridgehead atoms. The van der Waals surface area contributed by atoms with E-state index in [0.717, 1.165) is 0 Å². The van der Waals surface area contributed by atoms with Crippen molar-refractivity contribution >= 4 is 17.0 Å². The van der Waals surface area contributed by atoms with Crippen LogP contribution in [0.1, 0.15) is 6.92 Å². The molecule has 0 saturated carbocycles. The van der Waals surface area contributed by atoms with E-state index < -0.39 is 5.43 Å². The summed E-state index contributed by atoms with van der Waals surface area (Å²) in [6.07, 6.45) is 0. The molecule has 1 heterocycles. The van der Waals surface area contributed by atoms with Gasteiger partial charge in [0.05, 0.1) is 13.2 Å². The summed E-state index contributed by atoms with van der Waals surface area (Å²) in [5.74, 6) is 0. The van der Waals surface area contributed by atoms with Crippen molar-refractivity contribution in [1.29, 1.82) is 0 Å². The second-order valence-corrected chi connectivity index (χ2v) is 3.14. The van der Waals surface area contributed by atoms with Gasteiger partial charge in [-0.2, -0.15) is 0 Å². The molecule has 1 aliphatic rings. The molecule has 0 aliphatic carbocycles. The first kappa shape index (κ1) is 7.82. The van der Waals surface area contributed by atoms with Gasteiger partial charge < -0.3 is 9.47 Å². The van der Waals surface area contributed by atoms with Crippen molar-refractivity contribution in [2.75, 3.05) is 19.8 Å². The monoisotopic (exact) mass is 164 g/mol. The maximum atomic E-state index is 10.1. The van der Waals surface area contributed by atoms with Crippen LogP contribution in [-0.4, -0.2) is 25.2 Å². The lowest BCUT2D eigenvalue weighted by atomic mass is 9.90. The average Bonchev–Trinajstić information content (AvgIpc) is 1.79. The highest BCUT2D eigenvalue weighted by atomic mass is 35.5. The van der Waals surface area contributed by atoms with Crippen LogP contribution >= 0.6 is 11.6 Å². The molecule has 0 atom stereocenters. The molecule has 1 saturated heterocycles. The fourth-order valence-electron chi connectivity index (χ4n) is 0.765. The molecule has 0 amide bonds. The van der Waals surface area contributed by atoms with E-state index in [9.17, 15) is 4.79 Å². The summed E-state index contributed by atoms with van der Waals surface area (Å²) in [4.78, 5) is 10.1. The van der Waals surface area contributed by atoms with Crippen molar-refractivity contribution in [3.63, 3.8) is 0 Å². The first-order valence-corrected chi connectivity index (χ1v) is 3.40. The molecule has 10 heavy (non-hydrogen) atoms. The van der Waals surface area contributed by atoms with E-state index in [1.807, 2.05) is 6.92 Å². The van der Waals surface area contributed by atoms with Crippen molar-refractivity contribution in [3.8, 4) is 0 Å². The van der Waals surface area contributed by atoms with E-state index in [1.54, 1.807) is 0 Å². The van der Waals surface area contributed by atoms with Crippen LogP contribution in [0, 0.1) is 5.41 Å². The van der Waals surface area contributed by atoms with E-state index in [-0.39, 0.29) is 5.41 Å². The van der Waals surface area contributed by atoms with E-state index in [1.165, 1.54) is 0 Å². The van der Waals surface area contributed by atoms with Gasteiger partial charge in [-0.3, -0.25) is 0 Å². The largest absolute Gasteiger partial charge is 0.453 e. The second-order valence-electron chi connectivity index (χ2n) is 2.83. The highest BCUT2D eigenvalue weighted by Gasteiger charge is 2.34. The zero-order valence-electron chi connectivity index (χ0n) is 5.72. The van der Waals surface area contributed by atoms with E-state index in [0.29, 0.717) is 19.8 Å². The van der Waals surface area contributed by atoms with Crippen molar-refractivity contribution < 1.29 is 14.3 Å². The summed E-state index contributed by atoms with van der Waals surface area (Å²) in [7, 11) is 0. The van der Waals surface area contributed by atoms with Crippen LogP contribution in [0.4, 0.5) is 4.79 Å². The fraction of sp³-hybridized carbons (Fsp3) is 0.833. The smallest absolute Gasteiger partial charge is 0.403 e. The van der Waals surface area contributed by atoms with Crippen molar-refractivity contribution in [1.82, 2.24) is 0 Å². The van der Waals surface area contributed by atoms with Crippen molar-refractivity contribution in [2.45, 2.75) is 6.92 Å². The number of hydrogen-bond acceptors (Lipinski definition) is 3. The van der Waals surface area contributed by atoms with Gasteiger partial charge in [0.1, 0.15) is 6.61 Å².